The van der Waals surface area contributed by atoms with Gasteiger partial charge >= 0.3 is 0 Å². The van der Waals surface area contributed by atoms with Crippen molar-refractivity contribution in [1.29, 1.82) is 15.8 Å². The third kappa shape index (κ3) is 48.8. The molecular formula is C90H153N25O7. The van der Waals surface area contributed by atoms with Crippen LogP contribution < -0.4 is 0 Å². The van der Waals surface area contributed by atoms with E-state index in [1.807, 2.05) is 187 Å². The molecule has 1 unspecified atom stereocenters. The van der Waals surface area contributed by atoms with E-state index in [1.165, 1.54) is 25.7 Å². The molecule has 122 heavy (non-hydrogen) atoms. The molecule has 11 aromatic rings. The summed E-state index contributed by atoms with van der Waals surface area (Å²) in [6.45, 7) is 74.9. The van der Waals surface area contributed by atoms with E-state index >= 15 is 0 Å². The van der Waals surface area contributed by atoms with Gasteiger partial charge in [-0.15, -0.1) is 20.4 Å². The standard InChI is InChI=1S/C10H11NO.C9H10N2O.C8H14N2.C8H13N.C7H14.C6H11N3.2C6H10N2O.C6H9NO.C6H11N.C4H8N4.2C4H7N3O.3C2H6/c1-7(2)10-11-8-5-3-4-6-9(8)12-10;1-6(2)9-11-8-7(12-9)4-3-5-10-8;1-7(2)8-4-3-5-10(8)6-9;1-7(2)5-8(6-9)3-4-8;1-6(2)7(3)4-5-7;1-4(2)6-7-5(3)8-9-6;1-4(2)6-8-7-5(3)9-6;1-4(2)6-7-5(3)9-8-6;1-5(2)6-7-3-4-8-6;1-6(2)4-3-5-7;1-3(2)4-5-7-8-6-4;1-3(2)4-5-6-7-8-4;1-3(2)4-5-7-8-6-4;3*1-2/h3-7H,1-2H3;3-6H,1-2H3;7-8H,3-5H2,1-2H3;7H,3-5H2,1-2H3;6H,4-5H2,1-3H3;4H,1-3H3,(H,7,8,9);2*4H,1-3H3;3-5H,1-2H3;6H,3-4H2,1-2H3;3H,1-2H3,(H,5,6,7,8);2*3H,1-2H3;3*1-2H3. The Labute approximate surface area is 729 Å². The monoisotopic (exact) mass is 1700 g/mol. The third-order valence-electron chi connectivity index (χ3n) is 17.5. The Morgan fingerprint density at radius 3 is 1.38 bits per heavy atom. The van der Waals surface area contributed by atoms with Crippen molar-refractivity contribution >= 4 is 22.3 Å². The molecule has 2 aliphatic carbocycles. The number of nitrogens with zero attached hydrogens (tertiary/aromatic N) is 23. The maximum Gasteiger partial charge on any atom is 0.250 e. The summed E-state index contributed by atoms with van der Waals surface area (Å²) in [6, 6.07) is 16.5. The third-order valence-corrected chi connectivity index (χ3v) is 17.5. The van der Waals surface area contributed by atoms with Gasteiger partial charge in [-0.2, -0.15) is 36.1 Å². The molecule has 3 aliphatic rings. The number of aromatic nitrogens is 21. The van der Waals surface area contributed by atoms with Crippen molar-refractivity contribution in [1.82, 2.24) is 112 Å². The summed E-state index contributed by atoms with van der Waals surface area (Å²) in [5.74, 6) is 15.0. The van der Waals surface area contributed by atoms with Crippen LogP contribution in [0.4, 0.5) is 0 Å². The Morgan fingerprint density at radius 2 is 1.08 bits per heavy atom. The van der Waals surface area contributed by atoms with Gasteiger partial charge in [0.15, 0.2) is 64.0 Å². The van der Waals surface area contributed by atoms with Crippen molar-refractivity contribution < 1.29 is 31.3 Å². The Morgan fingerprint density at radius 1 is 0.508 bits per heavy atom. The van der Waals surface area contributed by atoms with E-state index in [0.29, 0.717) is 113 Å². The highest BCUT2D eigenvalue weighted by Gasteiger charge is 2.43. The number of oxazole rings is 3. The molecule has 3 fully saturated rings. The number of aromatic amines is 2. The highest BCUT2D eigenvalue weighted by atomic mass is 16.6. The van der Waals surface area contributed by atoms with Crippen LogP contribution in [-0.4, -0.2) is 125 Å². The van der Waals surface area contributed by atoms with Gasteiger partial charge in [-0.3, -0.25) is 5.10 Å². The molecule has 1 saturated heterocycles. The summed E-state index contributed by atoms with van der Waals surface area (Å²) in [6.07, 6.45) is 17.6. The zero-order valence-corrected chi connectivity index (χ0v) is 81.0. The first-order valence-electron chi connectivity index (χ1n) is 43.7. The Balaban J connectivity index is 0. The SMILES string of the molecule is CC.CC.CC.CC(C)C1(C)CC1.CC(C)C1CCCN1C#N.CC(C)CC1(C#N)CC1.CC(C)CCC#N.CC(C)c1nc2ccccc2o1.CC(C)c1nc2ncccc2o1.CC(C)c1ncco1.CC(C)c1nn[nH]n1.CC(C)c1nnno1.CC(C)c1nnon1.Cc1nc(C(C)C)n[nH]1.Cc1nc(C(C)C)no1.Cc1nnc(C(C)C)o1. The van der Waals surface area contributed by atoms with Crippen molar-refractivity contribution in [3.63, 3.8) is 0 Å². The van der Waals surface area contributed by atoms with Crippen LogP contribution in [0, 0.1) is 89.4 Å². The molecule has 0 amide bonds. The summed E-state index contributed by atoms with van der Waals surface area (Å²) in [4.78, 5) is 26.7. The van der Waals surface area contributed by atoms with Crippen LogP contribution in [0.3, 0.4) is 0 Å². The van der Waals surface area contributed by atoms with Gasteiger partial charge in [0, 0.05) is 92.3 Å². The normalized spacial score (nSPS) is 13.1. The van der Waals surface area contributed by atoms with E-state index in [-0.39, 0.29) is 11.3 Å². The molecule has 1 aliphatic heterocycles. The zero-order valence-electron chi connectivity index (χ0n) is 81.0. The number of hydrogen-bond donors (Lipinski definition) is 2. The number of nitriles is 3. The summed E-state index contributed by atoms with van der Waals surface area (Å²) in [5, 5.41) is 77.1. The molecule has 0 spiro atoms. The minimum Gasteiger partial charge on any atom is -0.449 e. The topological polar surface area (TPSA) is 443 Å². The van der Waals surface area contributed by atoms with E-state index < -0.39 is 0 Å². The van der Waals surface area contributed by atoms with Gasteiger partial charge in [0.1, 0.15) is 17.6 Å². The number of para-hydroxylation sites is 2. The Kier molecular flexibility index (Phi) is 59.0. The molecule has 1 atom stereocenters. The minimum atomic E-state index is 0.119. The number of tetrazole rings is 1. The van der Waals surface area contributed by atoms with Gasteiger partial charge in [-0.05, 0) is 122 Å². The predicted octanol–water partition coefficient (Wildman–Crippen LogP) is 24.2. The van der Waals surface area contributed by atoms with Crippen molar-refractivity contribution in [3.8, 4) is 18.3 Å². The lowest BCUT2D eigenvalue weighted by molar-refractivity contribution is 0.290. The first kappa shape index (κ1) is 113. The minimum absolute atomic E-state index is 0.119. The number of hydrogen-bond acceptors (Lipinski definition) is 30. The van der Waals surface area contributed by atoms with Gasteiger partial charge in [0.05, 0.1) is 34.3 Å². The number of fused-ring (bicyclic) bond motifs is 2. The van der Waals surface area contributed by atoms with Crippen LogP contribution in [-0.2, 0) is 0 Å². The molecule has 2 N–H and O–H groups in total. The summed E-state index contributed by atoms with van der Waals surface area (Å²) >= 11 is 0. The molecule has 11 heterocycles. The molecule has 32 heteroatoms. The molecule has 0 bridgehead atoms. The van der Waals surface area contributed by atoms with Crippen LogP contribution in [0.25, 0.3) is 22.3 Å². The molecule has 680 valence electrons. The quantitative estimate of drug-likeness (QED) is 0.0900. The van der Waals surface area contributed by atoms with Crippen LogP contribution >= 0.6 is 0 Å². The number of rotatable bonds is 15. The average Bonchev–Trinajstić information content (AvgIpc) is 1.67. The second-order valence-electron chi connectivity index (χ2n) is 33.1. The number of pyridine rings is 1. The first-order valence-corrected chi connectivity index (χ1v) is 43.7. The summed E-state index contributed by atoms with van der Waals surface area (Å²) < 4.78 is 34.7. The molecule has 0 radical (unpaired) electrons. The van der Waals surface area contributed by atoms with E-state index in [4.69, 9.17) is 38.0 Å². The number of benzene rings is 1. The lowest BCUT2D eigenvalue weighted by atomic mass is 9.95. The summed E-state index contributed by atoms with van der Waals surface area (Å²) in [7, 11) is 0. The van der Waals surface area contributed by atoms with E-state index in [1.54, 1.807) is 32.5 Å². The Bertz CT molecular complexity index is 3980. The number of aryl methyl sites for hydroxylation is 3. The fourth-order valence-electron chi connectivity index (χ4n) is 9.57. The highest BCUT2D eigenvalue weighted by Crippen LogP contribution is 2.51. The van der Waals surface area contributed by atoms with Crippen molar-refractivity contribution in [2.24, 2.45) is 34.5 Å². The molecule has 14 rings (SSSR count). The highest BCUT2D eigenvalue weighted by molar-refractivity contribution is 5.72. The molecule has 2 saturated carbocycles. The van der Waals surface area contributed by atoms with E-state index in [9.17, 15) is 0 Å². The number of likely N-dealkylation sites (tertiary alicyclic amines) is 1. The smallest absolute Gasteiger partial charge is 0.250 e. The largest absolute Gasteiger partial charge is 0.449 e. The second-order valence-corrected chi connectivity index (χ2v) is 33.1. The van der Waals surface area contributed by atoms with Crippen molar-refractivity contribution in [3.05, 3.63) is 125 Å². The molecule has 10 aromatic heterocycles. The van der Waals surface area contributed by atoms with Gasteiger partial charge in [0.2, 0.25) is 17.7 Å². The Hall–Kier alpha value is -10.6. The lowest BCUT2D eigenvalue weighted by Crippen LogP contribution is -2.28. The van der Waals surface area contributed by atoms with Gasteiger partial charge in [-0.1, -0.05) is 261 Å². The lowest BCUT2D eigenvalue weighted by Gasteiger charge is -2.21. The zero-order chi connectivity index (χ0) is 93.3. The fraction of sp³-hybridized carbons (Fsp3) is 0.689. The van der Waals surface area contributed by atoms with Gasteiger partial charge in [-0.25, -0.2) is 24.6 Å². The van der Waals surface area contributed by atoms with E-state index in [0.717, 1.165) is 101 Å². The summed E-state index contributed by atoms with van der Waals surface area (Å²) in [5.41, 5.74) is 4.15. The average molecular weight is 1700 g/mol. The van der Waals surface area contributed by atoms with Crippen LogP contribution in [0.2, 0.25) is 0 Å². The molecule has 32 nitrogen and oxygen atoms in total. The van der Waals surface area contributed by atoms with E-state index in [2.05, 4.69) is 225 Å². The predicted molar refractivity (Wildman–Crippen MR) is 479 cm³/mol. The van der Waals surface area contributed by atoms with Crippen molar-refractivity contribution in [2.45, 2.75) is 366 Å². The number of nitrogens with one attached hydrogen (secondary N) is 2. The maximum atomic E-state index is 8.66. The molecule has 1 aromatic carbocycles. The van der Waals surface area contributed by atoms with Crippen LogP contribution in [0.15, 0.2) is 86.4 Å². The van der Waals surface area contributed by atoms with Gasteiger partial charge < -0.3 is 31.6 Å². The first-order chi connectivity index (χ1) is 57.7. The molecular weight excluding hydrogens is 1540 g/mol. The number of H-pyrrole nitrogens is 2. The van der Waals surface area contributed by atoms with Crippen molar-refractivity contribution in [2.75, 3.05) is 6.54 Å². The van der Waals surface area contributed by atoms with Crippen LogP contribution in [0.5, 0.6) is 0 Å². The fourth-order valence-corrected chi connectivity index (χ4v) is 9.57. The van der Waals surface area contributed by atoms with Gasteiger partial charge in [0.25, 0.3) is 5.89 Å². The van der Waals surface area contributed by atoms with Crippen LogP contribution in [0.1, 0.15) is 410 Å². The second kappa shape index (κ2) is 63.4. The maximum absolute atomic E-state index is 8.66.